The van der Waals surface area contributed by atoms with E-state index in [2.05, 4.69) is 10.3 Å². The molecule has 0 spiro atoms. The largest absolute Gasteiger partial charge is 0.497 e. The van der Waals surface area contributed by atoms with Crippen LogP contribution in [-0.4, -0.2) is 23.4 Å². The van der Waals surface area contributed by atoms with Crippen molar-refractivity contribution in [3.8, 4) is 28.6 Å². The quantitative estimate of drug-likeness (QED) is 0.473. The summed E-state index contributed by atoms with van der Waals surface area (Å²) in [6, 6.07) is 13.9. The van der Waals surface area contributed by atoms with E-state index in [9.17, 15) is 4.79 Å². The molecule has 0 aliphatic rings. The molecule has 136 valence electrons. The highest BCUT2D eigenvalue weighted by molar-refractivity contribution is 5.88. The van der Waals surface area contributed by atoms with Crippen molar-refractivity contribution in [3.05, 3.63) is 66.2 Å². The molecule has 0 amide bonds. The monoisotopic (exact) mass is 366 g/mol. The van der Waals surface area contributed by atoms with Crippen molar-refractivity contribution in [3.63, 3.8) is 0 Å². The molecule has 1 aromatic carbocycles. The van der Waals surface area contributed by atoms with Gasteiger partial charge in [0.1, 0.15) is 18.1 Å². The molecular weight excluding hydrogens is 352 g/mol. The second-order valence-corrected chi connectivity index (χ2v) is 5.54. The van der Waals surface area contributed by atoms with E-state index in [1.807, 2.05) is 24.3 Å². The average Bonchev–Trinajstić information content (AvgIpc) is 3.47. The zero-order valence-electron chi connectivity index (χ0n) is 14.2. The Morgan fingerprint density at radius 1 is 1.00 bits per heavy atom. The number of ether oxygens (including phenoxy) is 2. The summed E-state index contributed by atoms with van der Waals surface area (Å²) < 4.78 is 25.9. The van der Waals surface area contributed by atoms with Crippen molar-refractivity contribution in [2.24, 2.45) is 0 Å². The van der Waals surface area contributed by atoms with Crippen LogP contribution in [0.5, 0.6) is 5.75 Å². The molecule has 0 unspecified atom stereocenters. The normalized spacial score (nSPS) is 10.7. The van der Waals surface area contributed by atoms with Gasteiger partial charge in [-0.15, -0.1) is 0 Å². The fourth-order valence-electron chi connectivity index (χ4n) is 2.39. The van der Waals surface area contributed by atoms with Crippen LogP contribution in [0.1, 0.15) is 16.2 Å². The fourth-order valence-corrected chi connectivity index (χ4v) is 2.39. The molecule has 27 heavy (non-hydrogen) atoms. The van der Waals surface area contributed by atoms with Crippen LogP contribution >= 0.6 is 0 Å². The molecule has 8 nitrogen and oxygen atoms in total. The molecule has 0 saturated carbocycles. The van der Waals surface area contributed by atoms with Gasteiger partial charge in [-0.05, 0) is 36.4 Å². The summed E-state index contributed by atoms with van der Waals surface area (Å²) in [4.78, 5) is 12.1. The number of furan rings is 1. The van der Waals surface area contributed by atoms with E-state index in [-0.39, 0.29) is 12.3 Å². The number of hydrogen-bond acceptors (Lipinski definition) is 8. The molecule has 0 aliphatic carbocycles. The maximum Gasteiger partial charge on any atom is 0.360 e. The van der Waals surface area contributed by atoms with Gasteiger partial charge in [0.25, 0.3) is 0 Å². The molecule has 4 rings (SSSR count). The topological polar surface area (TPSA) is 101 Å². The molecule has 0 saturated heterocycles. The number of nitrogens with zero attached hydrogens (tertiary/aromatic N) is 2. The molecule has 3 heterocycles. The molecule has 0 N–H and O–H groups in total. The molecule has 0 bridgehead atoms. The summed E-state index contributed by atoms with van der Waals surface area (Å²) in [7, 11) is 1.60. The molecule has 0 aliphatic heterocycles. The van der Waals surface area contributed by atoms with Crippen LogP contribution in [0.4, 0.5) is 0 Å². The van der Waals surface area contributed by atoms with Crippen molar-refractivity contribution in [2.45, 2.75) is 6.61 Å². The lowest BCUT2D eigenvalue weighted by Crippen LogP contribution is -2.05. The van der Waals surface area contributed by atoms with E-state index < -0.39 is 5.97 Å². The number of carbonyl (C=O) groups is 1. The predicted molar refractivity (Wildman–Crippen MR) is 91.8 cm³/mol. The van der Waals surface area contributed by atoms with Crippen molar-refractivity contribution in [1.82, 2.24) is 10.3 Å². The van der Waals surface area contributed by atoms with Crippen LogP contribution in [0.25, 0.3) is 22.8 Å². The number of aromatic nitrogens is 2. The van der Waals surface area contributed by atoms with Gasteiger partial charge in [-0.2, -0.15) is 0 Å². The van der Waals surface area contributed by atoms with Crippen molar-refractivity contribution < 1.29 is 27.7 Å². The second kappa shape index (κ2) is 7.20. The zero-order chi connectivity index (χ0) is 18.6. The van der Waals surface area contributed by atoms with Crippen molar-refractivity contribution >= 4 is 5.97 Å². The van der Waals surface area contributed by atoms with Crippen LogP contribution < -0.4 is 4.74 Å². The van der Waals surface area contributed by atoms with Crippen LogP contribution in [0, 0.1) is 0 Å². The van der Waals surface area contributed by atoms with Crippen molar-refractivity contribution in [1.29, 1.82) is 0 Å². The minimum absolute atomic E-state index is 0.0419. The smallest absolute Gasteiger partial charge is 0.360 e. The van der Waals surface area contributed by atoms with Crippen LogP contribution in [0.2, 0.25) is 0 Å². The van der Waals surface area contributed by atoms with Gasteiger partial charge in [0.05, 0.1) is 13.4 Å². The van der Waals surface area contributed by atoms with E-state index in [1.165, 1.54) is 12.3 Å². The summed E-state index contributed by atoms with van der Waals surface area (Å²) in [5.41, 5.74) is 1.35. The summed E-state index contributed by atoms with van der Waals surface area (Å²) in [5.74, 6) is 1.49. The first-order chi connectivity index (χ1) is 13.2. The number of carbonyl (C=O) groups excluding carboxylic acids is 1. The Hall–Kier alpha value is -3.81. The molecule has 0 fully saturated rings. The molecule has 4 aromatic rings. The first-order valence-electron chi connectivity index (χ1n) is 8.00. The third kappa shape index (κ3) is 3.59. The number of rotatable bonds is 6. The van der Waals surface area contributed by atoms with E-state index in [4.69, 9.17) is 22.9 Å². The molecular formula is C19H14N2O6. The summed E-state index contributed by atoms with van der Waals surface area (Å²) >= 11 is 0. The highest BCUT2D eigenvalue weighted by Gasteiger charge is 2.17. The molecule has 0 radical (unpaired) electrons. The van der Waals surface area contributed by atoms with Gasteiger partial charge in [-0.1, -0.05) is 10.3 Å². The molecule has 3 aromatic heterocycles. The lowest BCUT2D eigenvalue weighted by Gasteiger charge is -1.99. The van der Waals surface area contributed by atoms with Gasteiger partial charge < -0.3 is 22.9 Å². The Bertz CT molecular complexity index is 1030. The van der Waals surface area contributed by atoms with Gasteiger partial charge in [0, 0.05) is 17.7 Å². The summed E-state index contributed by atoms with van der Waals surface area (Å²) in [6.45, 7) is -0.0541. The van der Waals surface area contributed by atoms with Crippen LogP contribution in [0.15, 0.2) is 68.3 Å². The van der Waals surface area contributed by atoms with Gasteiger partial charge in [-0.25, -0.2) is 4.79 Å². The average molecular weight is 366 g/mol. The SMILES string of the molecule is COc1ccc(-c2cc(COC(=O)c3cc(-c4ccco4)on3)no2)cc1. The van der Waals surface area contributed by atoms with Gasteiger partial charge in [0.15, 0.2) is 17.2 Å². The zero-order valence-corrected chi connectivity index (χ0v) is 14.2. The first-order valence-corrected chi connectivity index (χ1v) is 8.00. The maximum atomic E-state index is 12.1. The minimum atomic E-state index is -0.634. The van der Waals surface area contributed by atoms with Gasteiger partial charge in [-0.3, -0.25) is 0 Å². The summed E-state index contributed by atoms with van der Waals surface area (Å²) in [6.07, 6.45) is 1.50. The standard InChI is InChI=1S/C19H14N2O6/c1-23-14-6-4-12(5-7-14)17-9-13(20-26-17)11-25-19(22)15-10-18(27-21-15)16-3-2-8-24-16/h2-10H,11H2,1H3. The third-order valence-electron chi connectivity index (χ3n) is 3.77. The Kier molecular flexibility index (Phi) is 4.44. The van der Waals surface area contributed by atoms with Crippen molar-refractivity contribution in [2.75, 3.05) is 7.11 Å². The van der Waals surface area contributed by atoms with Crippen LogP contribution in [-0.2, 0) is 11.3 Å². The lowest BCUT2D eigenvalue weighted by molar-refractivity contribution is 0.0452. The lowest BCUT2D eigenvalue weighted by atomic mass is 10.1. The van der Waals surface area contributed by atoms with E-state index in [0.29, 0.717) is 23.0 Å². The minimum Gasteiger partial charge on any atom is -0.497 e. The Balaban J connectivity index is 1.39. The Morgan fingerprint density at radius 3 is 2.56 bits per heavy atom. The molecule has 8 heteroatoms. The van der Waals surface area contributed by atoms with Gasteiger partial charge >= 0.3 is 5.97 Å². The van der Waals surface area contributed by atoms with Crippen LogP contribution in [0.3, 0.4) is 0 Å². The highest BCUT2D eigenvalue weighted by Crippen LogP contribution is 2.24. The first kappa shape index (κ1) is 16.6. The fraction of sp³-hybridized carbons (Fsp3) is 0.105. The third-order valence-corrected chi connectivity index (χ3v) is 3.77. The van der Waals surface area contributed by atoms with E-state index in [0.717, 1.165) is 11.3 Å². The maximum absolute atomic E-state index is 12.1. The van der Waals surface area contributed by atoms with E-state index in [1.54, 1.807) is 25.3 Å². The number of benzene rings is 1. The predicted octanol–water partition coefficient (Wildman–Crippen LogP) is 3.96. The Morgan fingerprint density at radius 2 is 1.81 bits per heavy atom. The number of esters is 1. The Labute approximate surface area is 153 Å². The number of hydrogen-bond donors (Lipinski definition) is 0. The van der Waals surface area contributed by atoms with E-state index >= 15 is 0 Å². The number of methoxy groups -OCH3 is 1. The summed E-state index contributed by atoms with van der Waals surface area (Å²) in [5, 5.41) is 7.59. The molecule has 0 atom stereocenters. The highest BCUT2D eigenvalue weighted by atomic mass is 16.5. The second-order valence-electron chi connectivity index (χ2n) is 5.54. The van der Waals surface area contributed by atoms with Gasteiger partial charge in [0.2, 0.25) is 5.76 Å².